The molecule has 0 bridgehead atoms. The zero-order valence-electron chi connectivity index (χ0n) is 11.5. The molecule has 2 heterocycles. The molecule has 0 saturated heterocycles. The normalized spacial score (nSPS) is 10.6. The number of hydrogen-bond acceptors (Lipinski definition) is 7. The van der Waals surface area contributed by atoms with Crippen LogP contribution in [0.3, 0.4) is 0 Å². The third-order valence-electron chi connectivity index (χ3n) is 2.79. The fourth-order valence-corrected chi connectivity index (χ4v) is 1.93. The van der Waals surface area contributed by atoms with Gasteiger partial charge in [0.1, 0.15) is 17.2 Å². The van der Waals surface area contributed by atoms with Crippen LogP contribution in [0.4, 0.5) is 17.5 Å². The van der Waals surface area contributed by atoms with Crippen molar-refractivity contribution >= 4 is 17.5 Å². The average molecular weight is 277 g/mol. The standard InChI is InChI=1S/C12H15N5O3/c1-7-4-5-9(20-7)6-16(3)11-10(17(18)19)8(2)14-12(13)15-11/h4-5H,6H2,1-3H3,(H2,13,14,15). The molecule has 0 fully saturated rings. The fraction of sp³-hybridized carbons (Fsp3) is 0.333. The van der Waals surface area contributed by atoms with Crippen LogP contribution >= 0.6 is 0 Å². The summed E-state index contributed by atoms with van der Waals surface area (Å²) >= 11 is 0. The number of aromatic nitrogens is 2. The van der Waals surface area contributed by atoms with Crippen LogP contribution in [-0.2, 0) is 6.54 Å². The molecule has 2 aromatic rings. The molecule has 0 saturated carbocycles. The van der Waals surface area contributed by atoms with Crippen LogP contribution in [0, 0.1) is 24.0 Å². The van der Waals surface area contributed by atoms with E-state index < -0.39 is 4.92 Å². The van der Waals surface area contributed by atoms with Gasteiger partial charge in [0.15, 0.2) is 0 Å². The van der Waals surface area contributed by atoms with E-state index in [0.29, 0.717) is 12.3 Å². The number of aryl methyl sites for hydroxylation is 2. The summed E-state index contributed by atoms with van der Waals surface area (Å²) in [6, 6.07) is 3.65. The van der Waals surface area contributed by atoms with Crippen LogP contribution in [0.5, 0.6) is 0 Å². The van der Waals surface area contributed by atoms with Crippen LogP contribution in [0.15, 0.2) is 16.5 Å². The Bertz CT molecular complexity index is 653. The van der Waals surface area contributed by atoms with Crippen molar-refractivity contribution in [1.29, 1.82) is 0 Å². The maximum Gasteiger partial charge on any atom is 0.332 e. The van der Waals surface area contributed by atoms with Gasteiger partial charge >= 0.3 is 5.69 Å². The van der Waals surface area contributed by atoms with Crippen LogP contribution in [0.2, 0.25) is 0 Å². The second-order valence-corrected chi connectivity index (χ2v) is 4.46. The van der Waals surface area contributed by atoms with Crippen LogP contribution in [0.25, 0.3) is 0 Å². The zero-order valence-corrected chi connectivity index (χ0v) is 11.5. The lowest BCUT2D eigenvalue weighted by atomic mass is 10.3. The van der Waals surface area contributed by atoms with Gasteiger partial charge in [-0.25, -0.2) is 4.98 Å². The molecule has 0 unspecified atom stereocenters. The number of nitro groups is 1. The van der Waals surface area contributed by atoms with E-state index in [4.69, 9.17) is 10.2 Å². The molecule has 2 aromatic heterocycles. The first-order chi connectivity index (χ1) is 9.38. The van der Waals surface area contributed by atoms with Gasteiger partial charge in [-0.15, -0.1) is 0 Å². The fourth-order valence-electron chi connectivity index (χ4n) is 1.93. The molecule has 20 heavy (non-hydrogen) atoms. The van der Waals surface area contributed by atoms with Gasteiger partial charge in [0.2, 0.25) is 11.8 Å². The number of anilines is 2. The van der Waals surface area contributed by atoms with Gasteiger partial charge in [-0.1, -0.05) is 0 Å². The Kier molecular flexibility index (Phi) is 3.55. The maximum atomic E-state index is 11.1. The summed E-state index contributed by atoms with van der Waals surface area (Å²) < 4.78 is 5.45. The molecule has 0 aromatic carbocycles. The molecule has 2 N–H and O–H groups in total. The number of nitrogen functional groups attached to an aromatic ring is 1. The molecule has 0 spiro atoms. The van der Waals surface area contributed by atoms with Gasteiger partial charge in [0.05, 0.1) is 11.5 Å². The lowest BCUT2D eigenvalue weighted by Gasteiger charge is -2.17. The second-order valence-electron chi connectivity index (χ2n) is 4.46. The van der Waals surface area contributed by atoms with E-state index in [9.17, 15) is 10.1 Å². The highest BCUT2D eigenvalue weighted by molar-refractivity contribution is 5.61. The summed E-state index contributed by atoms with van der Waals surface area (Å²) in [5, 5.41) is 11.1. The number of nitrogens with zero attached hydrogens (tertiary/aromatic N) is 4. The molecule has 0 radical (unpaired) electrons. The smallest absolute Gasteiger partial charge is 0.332 e. The molecule has 0 aliphatic heterocycles. The highest BCUT2D eigenvalue weighted by atomic mass is 16.6. The van der Waals surface area contributed by atoms with Crippen molar-refractivity contribution in [2.24, 2.45) is 0 Å². The van der Waals surface area contributed by atoms with Gasteiger partial charge in [-0.3, -0.25) is 10.1 Å². The number of hydrogen-bond donors (Lipinski definition) is 1. The maximum absolute atomic E-state index is 11.1. The van der Waals surface area contributed by atoms with E-state index in [-0.39, 0.29) is 23.1 Å². The molecule has 106 valence electrons. The van der Waals surface area contributed by atoms with Gasteiger partial charge in [0, 0.05) is 7.05 Å². The summed E-state index contributed by atoms with van der Waals surface area (Å²) in [4.78, 5) is 20.0. The topological polar surface area (TPSA) is 111 Å². The first-order valence-corrected chi connectivity index (χ1v) is 5.93. The minimum Gasteiger partial charge on any atom is -0.464 e. The molecule has 2 rings (SSSR count). The van der Waals surface area contributed by atoms with Crippen molar-refractivity contribution in [3.05, 3.63) is 39.5 Å². The Hall–Kier alpha value is -2.64. The van der Waals surface area contributed by atoms with Gasteiger partial charge < -0.3 is 15.1 Å². The first-order valence-electron chi connectivity index (χ1n) is 5.93. The SMILES string of the molecule is Cc1ccc(CN(C)c2nc(N)nc(C)c2[N+](=O)[O-])o1. The highest BCUT2D eigenvalue weighted by Gasteiger charge is 2.24. The second kappa shape index (κ2) is 5.16. The largest absolute Gasteiger partial charge is 0.464 e. The molecule has 0 amide bonds. The predicted octanol–water partition coefficient (Wildman–Crippen LogP) is 1.81. The Labute approximate surface area is 115 Å². The summed E-state index contributed by atoms with van der Waals surface area (Å²) in [5.41, 5.74) is 5.66. The first kappa shape index (κ1) is 13.8. The van der Waals surface area contributed by atoms with Crippen LogP contribution in [-0.4, -0.2) is 21.9 Å². The molecule has 8 heteroatoms. The third kappa shape index (κ3) is 2.68. The Morgan fingerprint density at radius 3 is 2.65 bits per heavy atom. The van der Waals surface area contributed by atoms with Crippen molar-refractivity contribution < 1.29 is 9.34 Å². The van der Waals surface area contributed by atoms with Crippen molar-refractivity contribution in [2.75, 3.05) is 17.7 Å². The predicted molar refractivity (Wildman–Crippen MR) is 73.4 cm³/mol. The monoisotopic (exact) mass is 277 g/mol. The van der Waals surface area contributed by atoms with E-state index in [1.54, 1.807) is 11.9 Å². The van der Waals surface area contributed by atoms with Crippen molar-refractivity contribution in [3.8, 4) is 0 Å². The lowest BCUT2D eigenvalue weighted by Crippen LogP contribution is -2.20. The summed E-state index contributed by atoms with van der Waals surface area (Å²) in [5.74, 6) is 1.65. The van der Waals surface area contributed by atoms with E-state index >= 15 is 0 Å². The Morgan fingerprint density at radius 2 is 2.10 bits per heavy atom. The average Bonchev–Trinajstić information content (AvgIpc) is 2.72. The molecule has 0 aliphatic rings. The zero-order chi connectivity index (χ0) is 14.9. The molecule has 0 aliphatic carbocycles. The Balaban J connectivity index is 2.38. The van der Waals surface area contributed by atoms with Gasteiger partial charge in [-0.05, 0) is 26.0 Å². The quantitative estimate of drug-likeness (QED) is 0.670. The van der Waals surface area contributed by atoms with Crippen LogP contribution < -0.4 is 10.6 Å². The molecule has 0 atom stereocenters. The van der Waals surface area contributed by atoms with Crippen molar-refractivity contribution in [1.82, 2.24) is 9.97 Å². The number of furan rings is 1. The van der Waals surface area contributed by atoms with Gasteiger partial charge in [0.25, 0.3) is 0 Å². The summed E-state index contributed by atoms with van der Waals surface area (Å²) in [7, 11) is 1.69. The lowest BCUT2D eigenvalue weighted by molar-refractivity contribution is -0.385. The van der Waals surface area contributed by atoms with Crippen molar-refractivity contribution in [3.63, 3.8) is 0 Å². The van der Waals surface area contributed by atoms with E-state index in [0.717, 1.165) is 5.76 Å². The number of nitrogens with two attached hydrogens (primary N) is 1. The number of rotatable bonds is 4. The minimum absolute atomic E-state index is 0.00516. The molecule has 8 nitrogen and oxygen atoms in total. The minimum atomic E-state index is -0.506. The molecular weight excluding hydrogens is 262 g/mol. The third-order valence-corrected chi connectivity index (χ3v) is 2.79. The highest BCUT2D eigenvalue weighted by Crippen LogP contribution is 2.29. The summed E-state index contributed by atoms with van der Waals surface area (Å²) in [6.45, 7) is 3.72. The van der Waals surface area contributed by atoms with Crippen LogP contribution in [0.1, 0.15) is 17.2 Å². The van der Waals surface area contributed by atoms with E-state index in [1.165, 1.54) is 6.92 Å². The van der Waals surface area contributed by atoms with E-state index in [1.807, 2.05) is 19.1 Å². The Morgan fingerprint density at radius 1 is 1.40 bits per heavy atom. The molecular formula is C12H15N5O3. The van der Waals surface area contributed by atoms with E-state index in [2.05, 4.69) is 9.97 Å². The summed E-state index contributed by atoms with van der Waals surface area (Å²) in [6.07, 6.45) is 0. The van der Waals surface area contributed by atoms with Gasteiger partial charge in [-0.2, -0.15) is 4.98 Å². The van der Waals surface area contributed by atoms with Crippen molar-refractivity contribution in [2.45, 2.75) is 20.4 Å².